The normalized spacial score (nSPS) is 13.3. The minimum Gasteiger partial charge on any atom is -0.454 e. The van der Waals surface area contributed by atoms with Crippen LogP contribution in [0.5, 0.6) is 11.5 Å². The quantitative estimate of drug-likeness (QED) is 0.915. The third-order valence-electron chi connectivity index (χ3n) is 2.96. The first kappa shape index (κ1) is 14.2. The zero-order valence-electron chi connectivity index (χ0n) is 11.1. The number of aromatic nitrogens is 3. The van der Waals surface area contributed by atoms with Crippen molar-refractivity contribution in [1.82, 2.24) is 15.0 Å². The van der Waals surface area contributed by atoms with Gasteiger partial charge in [0.1, 0.15) is 0 Å². The lowest BCUT2D eigenvalue weighted by atomic mass is 10.2. The summed E-state index contributed by atoms with van der Waals surface area (Å²) in [7, 11) is 1.06. The molecule has 0 atom stereocenters. The highest BCUT2D eigenvalue weighted by atomic mass is 19.4. The molecule has 2 heterocycles. The maximum atomic E-state index is 12.9. The fourth-order valence-corrected chi connectivity index (χ4v) is 2.04. The highest BCUT2D eigenvalue weighted by Crippen LogP contribution is 2.39. The topological polar surface area (TPSA) is 78.3 Å². The van der Waals surface area contributed by atoms with Gasteiger partial charge in [0.2, 0.25) is 6.79 Å². The Kier molecular flexibility index (Phi) is 3.15. The molecule has 0 fully saturated rings. The Morgan fingerprint density at radius 1 is 1.36 bits per heavy atom. The number of carbonyl (C=O) groups excluding carboxylic acids is 1. The lowest BCUT2D eigenvalue weighted by Gasteiger charge is -2.09. The number of nitrogens with one attached hydrogen (secondary N) is 1. The van der Waals surface area contributed by atoms with Gasteiger partial charge in [-0.1, -0.05) is 11.3 Å². The smallest absolute Gasteiger partial charge is 0.435 e. The molecule has 1 N–H and O–H groups in total. The highest BCUT2D eigenvalue weighted by Gasteiger charge is 2.40. The van der Waals surface area contributed by atoms with E-state index in [-0.39, 0.29) is 18.2 Å². The molecule has 0 spiro atoms. The molecule has 0 saturated carbocycles. The summed E-state index contributed by atoms with van der Waals surface area (Å²) in [6.07, 6.45) is -4.75. The predicted octanol–water partition coefficient (Wildman–Crippen LogP) is 1.81. The summed E-state index contributed by atoms with van der Waals surface area (Å²) in [5.41, 5.74) is -1.85. The van der Waals surface area contributed by atoms with Gasteiger partial charge in [-0.2, -0.15) is 13.2 Å². The third-order valence-corrected chi connectivity index (χ3v) is 2.96. The van der Waals surface area contributed by atoms with Crippen LogP contribution in [0, 0.1) is 0 Å². The lowest BCUT2D eigenvalue weighted by Crippen LogP contribution is -2.20. The molecular weight excluding hydrogens is 305 g/mol. The number of para-hydroxylation sites is 1. The molecule has 0 saturated heterocycles. The van der Waals surface area contributed by atoms with Crippen molar-refractivity contribution < 1.29 is 27.4 Å². The van der Waals surface area contributed by atoms with Crippen molar-refractivity contribution in [2.45, 2.75) is 6.18 Å². The molecule has 1 amide bonds. The Balaban J connectivity index is 1.93. The van der Waals surface area contributed by atoms with Crippen molar-refractivity contribution in [2.75, 3.05) is 12.1 Å². The van der Waals surface area contributed by atoms with Gasteiger partial charge in [0.15, 0.2) is 22.9 Å². The van der Waals surface area contributed by atoms with E-state index in [0.717, 1.165) is 7.05 Å². The second kappa shape index (κ2) is 4.90. The van der Waals surface area contributed by atoms with Gasteiger partial charge < -0.3 is 14.8 Å². The molecule has 2 aromatic rings. The van der Waals surface area contributed by atoms with E-state index in [9.17, 15) is 18.0 Å². The predicted molar refractivity (Wildman–Crippen MR) is 66.5 cm³/mol. The van der Waals surface area contributed by atoms with Crippen molar-refractivity contribution in [2.24, 2.45) is 7.05 Å². The van der Waals surface area contributed by atoms with Crippen LogP contribution in [0.4, 0.5) is 18.9 Å². The molecule has 7 nitrogen and oxygen atoms in total. The van der Waals surface area contributed by atoms with Crippen LogP contribution in [-0.4, -0.2) is 27.7 Å². The second-order valence-electron chi connectivity index (χ2n) is 4.40. The third kappa shape index (κ3) is 2.32. The van der Waals surface area contributed by atoms with E-state index in [1.165, 1.54) is 6.07 Å². The van der Waals surface area contributed by atoms with Crippen molar-refractivity contribution >= 4 is 11.6 Å². The molecule has 0 unspecified atom stereocenters. The van der Waals surface area contributed by atoms with Gasteiger partial charge in [-0.05, 0) is 12.1 Å². The number of ether oxygens (including phenoxy) is 2. The van der Waals surface area contributed by atoms with Crippen molar-refractivity contribution in [1.29, 1.82) is 0 Å². The SMILES string of the molecule is Cn1nnc(C(=O)Nc2cccc3c2OCO3)c1C(F)(F)F. The van der Waals surface area contributed by atoms with Crippen LogP contribution < -0.4 is 14.8 Å². The Hall–Kier alpha value is -2.78. The van der Waals surface area contributed by atoms with Crippen LogP contribution in [0.15, 0.2) is 18.2 Å². The zero-order chi connectivity index (χ0) is 15.9. The van der Waals surface area contributed by atoms with Gasteiger partial charge in [0.05, 0.1) is 5.69 Å². The fourth-order valence-electron chi connectivity index (χ4n) is 2.04. The summed E-state index contributed by atoms with van der Waals surface area (Å²) in [6, 6.07) is 4.67. The molecule has 22 heavy (non-hydrogen) atoms. The molecule has 1 aliphatic rings. The average Bonchev–Trinajstić information content (AvgIpc) is 3.04. The zero-order valence-corrected chi connectivity index (χ0v) is 11.1. The number of aryl methyl sites for hydroxylation is 1. The van der Waals surface area contributed by atoms with Gasteiger partial charge in [-0.3, -0.25) is 4.79 Å². The first-order valence-electron chi connectivity index (χ1n) is 6.05. The molecule has 0 bridgehead atoms. The van der Waals surface area contributed by atoms with Crippen LogP contribution in [-0.2, 0) is 13.2 Å². The summed E-state index contributed by atoms with van der Waals surface area (Å²) in [5.74, 6) is -0.384. The van der Waals surface area contributed by atoms with E-state index in [0.29, 0.717) is 10.4 Å². The molecule has 3 rings (SSSR count). The van der Waals surface area contributed by atoms with Gasteiger partial charge in [0, 0.05) is 7.05 Å². The minimum absolute atomic E-state index is 0.0266. The largest absolute Gasteiger partial charge is 0.454 e. The minimum atomic E-state index is -4.75. The molecule has 1 aromatic carbocycles. The number of benzene rings is 1. The number of alkyl halides is 3. The standard InChI is InChI=1S/C12H9F3N4O3/c1-19-10(12(13,14)15)8(17-18-19)11(20)16-6-3-2-4-7-9(6)22-5-21-7/h2-4H,5H2,1H3,(H,16,20). The van der Waals surface area contributed by atoms with Crippen LogP contribution in [0.1, 0.15) is 16.2 Å². The van der Waals surface area contributed by atoms with Crippen LogP contribution in [0.3, 0.4) is 0 Å². The summed E-state index contributed by atoms with van der Waals surface area (Å²) in [4.78, 5) is 12.1. The summed E-state index contributed by atoms with van der Waals surface area (Å²) in [6.45, 7) is -0.0266. The van der Waals surface area contributed by atoms with E-state index in [4.69, 9.17) is 9.47 Å². The number of halogens is 3. The Morgan fingerprint density at radius 2 is 2.14 bits per heavy atom. The van der Waals surface area contributed by atoms with Gasteiger partial charge in [-0.25, -0.2) is 4.68 Å². The number of hydrogen-bond donors (Lipinski definition) is 1. The summed E-state index contributed by atoms with van der Waals surface area (Å²) >= 11 is 0. The van der Waals surface area contributed by atoms with E-state index >= 15 is 0 Å². The fraction of sp³-hybridized carbons (Fsp3) is 0.250. The molecular formula is C12H9F3N4O3. The van der Waals surface area contributed by atoms with Crippen LogP contribution in [0.2, 0.25) is 0 Å². The first-order valence-corrected chi connectivity index (χ1v) is 6.05. The van der Waals surface area contributed by atoms with E-state index in [2.05, 4.69) is 15.6 Å². The Bertz CT molecular complexity index is 742. The van der Waals surface area contributed by atoms with Crippen molar-refractivity contribution in [3.8, 4) is 11.5 Å². The van der Waals surface area contributed by atoms with Gasteiger partial charge in [-0.15, -0.1) is 5.10 Å². The lowest BCUT2D eigenvalue weighted by molar-refractivity contribution is -0.144. The number of fused-ring (bicyclic) bond motifs is 1. The monoisotopic (exact) mass is 314 g/mol. The number of hydrogen-bond acceptors (Lipinski definition) is 5. The van der Waals surface area contributed by atoms with Gasteiger partial charge in [0.25, 0.3) is 5.91 Å². The first-order chi connectivity index (χ1) is 10.4. The highest BCUT2D eigenvalue weighted by molar-refractivity contribution is 6.04. The maximum absolute atomic E-state index is 12.9. The number of anilines is 1. The number of carbonyl (C=O) groups is 1. The average molecular weight is 314 g/mol. The molecule has 116 valence electrons. The van der Waals surface area contributed by atoms with Crippen molar-refractivity contribution in [3.05, 3.63) is 29.6 Å². The van der Waals surface area contributed by atoms with E-state index in [1.54, 1.807) is 12.1 Å². The number of amides is 1. The Morgan fingerprint density at radius 3 is 2.86 bits per heavy atom. The summed E-state index contributed by atoms with van der Waals surface area (Å²) < 4.78 is 49.6. The molecule has 1 aliphatic heterocycles. The Labute approximate surface area is 121 Å². The van der Waals surface area contributed by atoms with Gasteiger partial charge >= 0.3 is 6.18 Å². The van der Waals surface area contributed by atoms with Crippen LogP contribution >= 0.6 is 0 Å². The molecule has 0 radical (unpaired) electrons. The second-order valence-corrected chi connectivity index (χ2v) is 4.40. The maximum Gasteiger partial charge on any atom is 0.435 e. The number of rotatable bonds is 2. The number of nitrogens with zero attached hydrogens (tertiary/aromatic N) is 3. The van der Waals surface area contributed by atoms with Crippen LogP contribution in [0.25, 0.3) is 0 Å². The van der Waals surface area contributed by atoms with E-state index in [1.807, 2.05) is 0 Å². The molecule has 10 heteroatoms. The van der Waals surface area contributed by atoms with E-state index < -0.39 is 23.5 Å². The van der Waals surface area contributed by atoms with Crippen molar-refractivity contribution in [3.63, 3.8) is 0 Å². The molecule has 1 aromatic heterocycles. The molecule has 0 aliphatic carbocycles. The summed E-state index contributed by atoms with van der Waals surface area (Å²) in [5, 5.41) is 8.85.